The SMILES string of the molecule is Cc1ccc(-c2cccc3nc(-c4cc(C)cc(C)c4)ccc23)cc1. The molecule has 0 bridgehead atoms. The first kappa shape index (κ1) is 15.6. The van der Waals surface area contributed by atoms with E-state index in [1.54, 1.807) is 0 Å². The maximum Gasteiger partial charge on any atom is 0.0715 e. The Labute approximate surface area is 149 Å². The molecule has 1 heteroatoms. The number of pyridine rings is 1. The highest BCUT2D eigenvalue weighted by Gasteiger charge is 2.07. The van der Waals surface area contributed by atoms with Crippen LogP contribution < -0.4 is 0 Å². The number of hydrogen-bond acceptors (Lipinski definition) is 1. The van der Waals surface area contributed by atoms with Crippen LogP contribution in [0.1, 0.15) is 16.7 Å². The molecule has 0 fully saturated rings. The van der Waals surface area contributed by atoms with E-state index in [2.05, 4.69) is 93.6 Å². The molecule has 1 heterocycles. The van der Waals surface area contributed by atoms with E-state index >= 15 is 0 Å². The Morgan fingerprint density at radius 3 is 2.04 bits per heavy atom. The molecule has 0 N–H and O–H groups in total. The summed E-state index contributed by atoms with van der Waals surface area (Å²) in [6.45, 7) is 6.38. The summed E-state index contributed by atoms with van der Waals surface area (Å²) >= 11 is 0. The van der Waals surface area contributed by atoms with E-state index in [-0.39, 0.29) is 0 Å². The van der Waals surface area contributed by atoms with Gasteiger partial charge in [0.05, 0.1) is 11.2 Å². The van der Waals surface area contributed by atoms with E-state index < -0.39 is 0 Å². The van der Waals surface area contributed by atoms with Crippen LogP contribution in [0.5, 0.6) is 0 Å². The Morgan fingerprint density at radius 1 is 0.600 bits per heavy atom. The molecule has 3 aromatic carbocycles. The predicted octanol–water partition coefficient (Wildman–Crippen LogP) is 6.49. The topological polar surface area (TPSA) is 12.9 Å². The maximum absolute atomic E-state index is 4.93. The summed E-state index contributed by atoms with van der Waals surface area (Å²) in [5.74, 6) is 0. The van der Waals surface area contributed by atoms with Crippen molar-refractivity contribution in [2.75, 3.05) is 0 Å². The van der Waals surface area contributed by atoms with Crippen LogP contribution in [0.15, 0.2) is 72.8 Å². The Kier molecular flexibility index (Phi) is 3.85. The van der Waals surface area contributed by atoms with Gasteiger partial charge < -0.3 is 0 Å². The van der Waals surface area contributed by atoms with Crippen LogP contribution in [0.3, 0.4) is 0 Å². The zero-order valence-electron chi connectivity index (χ0n) is 14.9. The smallest absolute Gasteiger partial charge is 0.0715 e. The molecule has 1 aromatic heterocycles. The average molecular weight is 323 g/mol. The lowest BCUT2D eigenvalue weighted by Gasteiger charge is -2.10. The lowest BCUT2D eigenvalue weighted by molar-refractivity contribution is 1.34. The van der Waals surface area contributed by atoms with Gasteiger partial charge in [0, 0.05) is 10.9 Å². The van der Waals surface area contributed by atoms with E-state index in [1.807, 2.05) is 0 Å². The van der Waals surface area contributed by atoms with Gasteiger partial charge in [0.1, 0.15) is 0 Å². The van der Waals surface area contributed by atoms with Crippen LogP contribution in [0.2, 0.25) is 0 Å². The number of rotatable bonds is 2. The minimum atomic E-state index is 1.03. The molecule has 0 unspecified atom stereocenters. The molecular weight excluding hydrogens is 302 g/mol. The van der Waals surface area contributed by atoms with Gasteiger partial charge in [-0.1, -0.05) is 65.2 Å². The highest BCUT2D eigenvalue weighted by molar-refractivity contribution is 5.95. The van der Waals surface area contributed by atoms with Gasteiger partial charge in [0.2, 0.25) is 0 Å². The second-order valence-electron chi connectivity index (χ2n) is 6.81. The molecule has 0 aliphatic carbocycles. The van der Waals surface area contributed by atoms with Gasteiger partial charge in [-0.15, -0.1) is 0 Å². The highest BCUT2D eigenvalue weighted by Crippen LogP contribution is 2.30. The van der Waals surface area contributed by atoms with Gasteiger partial charge in [-0.25, -0.2) is 4.98 Å². The van der Waals surface area contributed by atoms with Gasteiger partial charge in [-0.05, 0) is 56.2 Å². The van der Waals surface area contributed by atoms with Gasteiger partial charge in [0.15, 0.2) is 0 Å². The standard InChI is InChI=1S/C24H21N/c1-16-7-9-19(10-8-16)21-5-4-6-24-22(21)11-12-23(25-24)20-14-17(2)13-18(3)15-20/h4-15H,1-3H3. The van der Waals surface area contributed by atoms with E-state index in [0.29, 0.717) is 0 Å². The third-order valence-electron chi connectivity index (χ3n) is 4.61. The lowest BCUT2D eigenvalue weighted by Crippen LogP contribution is -1.89. The molecule has 0 aliphatic rings. The quantitative estimate of drug-likeness (QED) is 0.410. The summed E-state index contributed by atoms with van der Waals surface area (Å²) in [5.41, 5.74) is 9.53. The Bertz CT molecular complexity index is 1040. The second-order valence-corrected chi connectivity index (χ2v) is 6.81. The molecule has 0 saturated carbocycles. The van der Waals surface area contributed by atoms with Gasteiger partial charge in [-0.3, -0.25) is 0 Å². The van der Waals surface area contributed by atoms with Crippen molar-refractivity contribution in [2.24, 2.45) is 0 Å². The number of aromatic nitrogens is 1. The minimum Gasteiger partial charge on any atom is -0.248 e. The highest BCUT2D eigenvalue weighted by atomic mass is 14.7. The molecular formula is C24H21N. The third-order valence-corrected chi connectivity index (χ3v) is 4.61. The number of hydrogen-bond donors (Lipinski definition) is 0. The molecule has 1 nitrogen and oxygen atoms in total. The molecule has 0 aliphatic heterocycles. The van der Waals surface area contributed by atoms with Crippen molar-refractivity contribution in [1.29, 1.82) is 0 Å². The Hall–Kier alpha value is -2.93. The third kappa shape index (κ3) is 3.06. The van der Waals surface area contributed by atoms with Crippen molar-refractivity contribution in [2.45, 2.75) is 20.8 Å². The van der Waals surface area contributed by atoms with Crippen LogP contribution in [-0.2, 0) is 0 Å². The number of nitrogens with zero attached hydrogens (tertiary/aromatic N) is 1. The summed E-state index contributed by atoms with van der Waals surface area (Å²) in [4.78, 5) is 4.93. The van der Waals surface area contributed by atoms with Crippen LogP contribution >= 0.6 is 0 Å². The maximum atomic E-state index is 4.93. The Balaban J connectivity index is 1.86. The largest absolute Gasteiger partial charge is 0.248 e. The number of aryl methyl sites for hydroxylation is 3. The van der Waals surface area contributed by atoms with Gasteiger partial charge in [0.25, 0.3) is 0 Å². The minimum absolute atomic E-state index is 1.03. The number of benzene rings is 3. The number of fused-ring (bicyclic) bond motifs is 1. The fraction of sp³-hybridized carbons (Fsp3) is 0.125. The summed E-state index contributed by atoms with van der Waals surface area (Å²) in [7, 11) is 0. The van der Waals surface area contributed by atoms with Crippen LogP contribution in [0, 0.1) is 20.8 Å². The van der Waals surface area contributed by atoms with Crippen molar-refractivity contribution in [3.8, 4) is 22.4 Å². The van der Waals surface area contributed by atoms with Crippen molar-refractivity contribution < 1.29 is 0 Å². The zero-order chi connectivity index (χ0) is 17.4. The second kappa shape index (κ2) is 6.18. The molecule has 0 saturated heterocycles. The first-order valence-electron chi connectivity index (χ1n) is 8.66. The fourth-order valence-electron chi connectivity index (χ4n) is 3.42. The monoisotopic (exact) mass is 323 g/mol. The van der Waals surface area contributed by atoms with Crippen molar-refractivity contribution >= 4 is 10.9 Å². The van der Waals surface area contributed by atoms with E-state index in [1.165, 1.54) is 38.8 Å². The molecule has 4 rings (SSSR count). The molecule has 0 amide bonds. The summed E-state index contributed by atoms with van der Waals surface area (Å²) < 4.78 is 0. The van der Waals surface area contributed by atoms with E-state index in [0.717, 1.165) is 11.2 Å². The molecule has 122 valence electrons. The first-order valence-corrected chi connectivity index (χ1v) is 8.66. The molecule has 4 aromatic rings. The summed E-state index contributed by atoms with van der Waals surface area (Å²) in [6.07, 6.45) is 0. The Morgan fingerprint density at radius 2 is 1.32 bits per heavy atom. The van der Waals surface area contributed by atoms with Crippen molar-refractivity contribution in [1.82, 2.24) is 4.98 Å². The summed E-state index contributed by atoms with van der Waals surface area (Å²) in [6, 6.07) is 26.0. The normalized spacial score (nSPS) is 11.0. The van der Waals surface area contributed by atoms with E-state index in [4.69, 9.17) is 4.98 Å². The van der Waals surface area contributed by atoms with Gasteiger partial charge in [-0.2, -0.15) is 0 Å². The van der Waals surface area contributed by atoms with E-state index in [9.17, 15) is 0 Å². The fourth-order valence-corrected chi connectivity index (χ4v) is 3.42. The molecule has 0 radical (unpaired) electrons. The predicted molar refractivity (Wildman–Crippen MR) is 107 cm³/mol. The van der Waals surface area contributed by atoms with Crippen molar-refractivity contribution in [3.63, 3.8) is 0 Å². The average Bonchev–Trinajstić information content (AvgIpc) is 2.61. The van der Waals surface area contributed by atoms with Crippen LogP contribution in [0.4, 0.5) is 0 Å². The summed E-state index contributed by atoms with van der Waals surface area (Å²) in [5, 5.41) is 1.19. The molecule has 0 spiro atoms. The van der Waals surface area contributed by atoms with Crippen LogP contribution in [0.25, 0.3) is 33.3 Å². The van der Waals surface area contributed by atoms with Crippen molar-refractivity contribution in [3.05, 3.63) is 89.5 Å². The van der Waals surface area contributed by atoms with Gasteiger partial charge >= 0.3 is 0 Å². The lowest BCUT2D eigenvalue weighted by atomic mass is 9.98. The zero-order valence-corrected chi connectivity index (χ0v) is 14.9. The first-order chi connectivity index (χ1) is 12.1. The molecule has 25 heavy (non-hydrogen) atoms. The molecule has 0 atom stereocenters. The van der Waals surface area contributed by atoms with Crippen LogP contribution in [-0.4, -0.2) is 4.98 Å².